The van der Waals surface area contributed by atoms with Gasteiger partial charge in [-0.15, -0.1) is 12.4 Å². The van der Waals surface area contributed by atoms with E-state index in [4.69, 9.17) is 4.74 Å². The Morgan fingerprint density at radius 3 is 2.70 bits per heavy atom. The topological polar surface area (TPSA) is 41.6 Å². The summed E-state index contributed by atoms with van der Waals surface area (Å²) in [6.07, 6.45) is 8.45. The second-order valence-electron chi connectivity index (χ2n) is 6.24. The Kier molecular flexibility index (Phi) is 6.12. The molecule has 116 valence electrons. The molecule has 2 heterocycles. The highest BCUT2D eigenvalue weighted by Crippen LogP contribution is 2.35. The number of carbonyl (C=O) groups is 1. The highest BCUT2D eigenvalue weighted by atomic mass is 35.5. The van der Waals surface area contributed by atoms with Crippen LogP contribution >= 0.6 is 12.4 Å². The Morgan fingerprint density at radius 1 is 1.20 bits per heavy atom. The van der Waals surface area contributed by atoms with Crippen molar-refractivity contribution in [2.45, 2.75) is 57.1 Å². The molecule has 2 unspecified atom stereocenters. The van der Waals surface area contributed by atoms with E-state index in [0.29, 0.717) is 18.4 Å². The van der Waals surface area contributed by atoms with Gasteiger partial charge in [-0.2, -0.15) is 0 Å². The highest BCUT2D eigenvalue weighted by molar-refractivity contribution is 5.85. The van der Waals surface area contributed by atoms with Gasteiger partial charge < -0.3 is 15.0 Å². The van der Waals surface area contributed by atoms with Gasteiger partial charge in [0.1, 0.15) is 0 Å². The fourth-order valence-corrected chi connectivity index (χ4v) is 4.00. The molecule has 0 bridgehead atoms. The van der Waals surface area contributed by atoms with Crippen molar-refractivity contribution in [3.05, 3.63) is 0 Å². The van der Waals surface area contributed by atoms with Crippen LogP contribution in [0.3, 0.4) is 0 Å². The average Bonchev–Trinajstić information content (AvgIpc) is 3.10. The first-order valence-electron chi connectivity index (χ1n) is 7.96. The van der Waals surface area contributed by atoms with Crippen molar-refractivity contribution < 1.29 is 9.53 Å². The third-order valence-corrected chi connectivity index (χ3v) is 4.97. The van der Waals surface area contributed by atoms with Crippen LogP contribution in [0.4, 0.5) is 0 Å². The van der Waals surface area contributed by atoms with E-state index in [1.54, 1.807) is 0 Å². The van der Waals surface area contributed by atoms with Gasteiger partial charge in [-0.05, 0) is 31.6 Å². The van der Waals surface area contributed by atoms with Crippen LogP contribution < -0.4 is 5.32 Å². The van der Waals surface area contributed by atoms with Gasteiger partial charge in [0.15, 0.2) is 0 Å². The molecule has 2 aliphatic heterocycles. The predicted octanol–water partition coefficient (Wildman–Crippen LogP) is 1.97. The number of likely N-dealkylation sites (tertiary alicyclic amines) is 1. The summed E-state index contributed by atoms with van der Waals surface area (Å²) >= 11 is 0. The molecule has 20 heavy (non-hydrogen) atoms. The second-order valence-corrected chi connectivity index (χ2v) is 6.24. The minimum Gasteiger partial charge on any atom is -0.375 e. The number of nitrogens with zero attached hydrogens (tertiary/aromatic N) is 1. The molecule has 0 spiro atoms. The zero-order valence-corrected chi connectivity index (χ0v) is 13.0. The van der Waals surface area contributed by atoms with Gasteiger partial charge in [-0.3, -0.25) is 4.79 Å². The van der Waals surface area contributed by atoms with Crippen molar-refractivity contribution in [3.8, 4) is 0 Å². The maximum atomic E-state index is 12.5. The number of nitrogens with one attached hydrogen (secondary N) is 1. The molecule has 2 atom stereocenters. The smallest absolute Gasteiger partial charge is 0.225 e. The van der Waals surface area contributed by atoms with E-state index in [1.165, 1.54) is 38.5 Å². The Morgan fingerprint density at radius 2 is 2.00 bits per heavy atom. The fourth-order valence-electron chi connectivity index (χ4n) is 4.00. The molecule has 1 amide bonds. The Bertz CT molecular complexity index is 315. The maximum Gasteiger partial charge on any atom is 0.225 e. The van der Waals surface area contributed by atoms with Gasteiger partial charge in [0, 0.05) is 25.7 Å². The van der Waals surface area contributed by atoms with Crippen molar-refractivity contribution in [3.63, 3.8) is 0 Å². The summed E-state index contributed by atoms with van der Waals surface area (Å²) in [5, 5.41) is 3.30. The van der Waals surface area contributed by atoms with E-state index in [9.17, 15) is 4.79 Å². The molecule has 0 radical (unpaired) electrons. The van der Waals surface area contributed by atoms with Crippen molar-refractivity contribution in [1.82, 2.24) is 10.2 Å². The molecule has 1 saturated carbocycles. The maximum absolute atomic E-state index is 12.5. The van der Waals surface area contributed by atoms with Crippen LogP contribution in [0.25, 0.3) is 0 Å². The van der Waals surface area contributed by atoms with Crippen LogP contribution in [0.5, 0.6) is 0 Å². The zero-order chi connectivity index (χ0) is 13.1. The van der Waals surface area contributed by atoms with E-state index in [-0.39, 0.29) is 18.5 Å². The molecule has 0 aromatic heterocycles. The van der Waals surface area contributed by atoms with Gasteiger partial charge in [0.2, 0.25) is 5.91 Å². The first-order valence-corrected chi connectivity index (χ1v) is 7.96. The van der Waals surface area contributed by atoms with Gasteiger partial charge in [0.05, 0.1) is 19.1 Å². The summed E-state index contributed by atoms with van der Waals surface area (Å²) < 4.78 is 5.66. The third-order valence-electron chi connectivity index (χ3n) is 4.97. The van der Waals surface area contributed by atoms with Gasteiger partial charge in [-0.1, -0.05) is 12.8 Å². The van der Waals surface area contributed by atoms with E-state index < -0.39 is 0 Å². The minimum absolute atomic E-state index is 0. The molecular formula is C15H27ClN2O2. The molecule has 5 heteroatoms. The average molecular weight is 303 g/mol. The molecular weight excluding hydrogens is 276 g/mol. The first kappa shape index (κ1) is 16.1. The van der Waals surface area contributed by atoms with Crippen LogP contribution in [0, 0.1) is 5.92 Å². The van der Waals surface area contributed by atoms with Gasteiger partial charge in [-0.25, -0.2) is 0 Å². The van der Waals surface area contributed by atoms with Crippen molar-refractivity contribution in [2.75, 3.05) is 26.2 Å². The quantitative estimate of drug-likeness (QED) is 0.866. The normalized spacial score (nSPS) is 31.3. The van der Waals surface area contributed by atoms with Crippen LogP contribution in [0.15, 0.2) is 0 Å². The lowest BCUT2D eigenvalue weighted by molar-refractivity contribution is -0.136. The lowest BCUT2D eigenvalue weighted by Gasteiger charge is -2.31. The van der Waals surface area contributed by atoms with Crippen molar-refractivity contribution in [1.29, 1.82) is 0 Å². The largest absolute Gasteiger partial charge is 0.375 e. The van der Waals surface area contributed by atoms with E-state index in [0.717, 1.165) is 32.2 Å². The summed E-state index contributed by atoms with van der Waals surface area (Å²) in [6.45, 7) is 3.46. The molecule has 3 rings (SSSR count). The Hall–Kier alpha value is -0.320. The number of amides is 1. The molecule has 1 aliphatic carbocycles. The molecule has 0 aromatic carbocycles. The summed E-state index contributed by atoms with van der Waals surface area (Å²) in [7, 11) is 0. The molecule has 4 nitrogen and oxygen atoms in total. The zero-order valence-electron chi connectivity index (χ0n) is 12.2. The molecule has 0 aromatic rings. The van der Waals surface area contributed by atoms with Crippen LogP contribution in [0.2, 0.25) is 0 Å². The van der Waals surface area contributed by atoms with E-state index in [2.05, 4.69) is 10.2 Å². The van der Waals surface area contributed by atoms with Crippen LogP contribution in [0.1, 0.15) is 44.9 Å². The Labute approximate surface area is 128 Å². The summed E-state index contributed by atoms with van der Waals surface area (Å²) in [6, 6.07) is 0.534. The summed E-state index contributed by atoms with van der Waals surface area (Å²) in [5.74, 6) is 1.10. The Balaban J connectivity index is 0.00000147. The van der Waals surface area contributed by atoms with E-state index in [1.807, 2.05) is 0 Å². The highest BCUT2D eigenvalue weighted by Gasteiger charge is 2.36. The number of carbonyl (C=O) groups excluding carboxylic acids is 1. The lowest BCUT2D eigenvalue weighted by atomic mass is 9.95. The SMILES string of the molecule is Cl.O=C(CC1CNCCO1)N1CCCC1C1CCCC1. The first-order chi connectivity index (χ1) is 9.34. The number of hydrogen-bond donors (Lipinski definition) is 1. The standard InChI is InChI=1S/C15H26N2O2.ClH/c18-15(10-13-11-16-7-9-19-13)17-8-3-6-14(17)12-4-1-2-5-12;/h12-14,16H,1-11H2;1H. The number of morpholine rings is 1. The van der Waals surface area contributed by atoms with Crippen molar-refractivity contribution in [2.24, 2.45) is 5.92 Å². The van der Waals surface area contributed by atoms with Gasteiger partial charge >= 0.3 is 0 Å². The van der Waals surface area contributed by atoms with E-state index >= 15 is 0 Å². The fraction of sp³-hybridized carbons (Fsp3) is 0.933. The monoisotopic (exact) mass is 302 g/mol. The van der Waals surface area contributed by atoms with Gasteiger partial charge in [0.25, 0.3) is 0 Å². The number of halogens is 1. The third kappa shape index (κ3) is 3.66. The number of ether oxygens (including phenoxy) is 1. The molecule has 2 saturated heterocycles. The van der Waals surface area contributed by atoms with Crippen molar-refractivity contribution >= 4 is 18.3 Å². The predicted molar refractivity (Wildman–Crippen MR) is 81.2 cm³/mol. The van der Waals surface area contributed by atoms with Crippen LogP contribution in [-0.4, -0.2) is 49.2 Å². The summed E-state index contributed by atoms with van der Waals surface area (Å²) in [4.78, 5) is 14.7. The number of hydrogen-bond acceptors (Lipinski definition) is 3. The molecule has 3 aliphatic rings. The minimum atomic E-state index is 0. The summed E-state index contributed by atoms with van der Waals surface area (Å²) in [5.41, 5.74) is 0. The van der Waals surface area contributed by atoms with Crippen LogP contribution in [-0.2, 0) is 9.53 Å². The number of rotatable bonds is 3. The lowest BCUT2D eigenvalue weighted by Crippen LogP contribution is -2.45. The molecule has 1 N–H and O–H groups in total. The molecule has 3 fully saturated rings. The second kappa shape index (κ2) is 7.62.